The fraction of sp³-hybridized carbons (Fsp3) is 0.667. The van der Waals surface area contributed by atoms with Crippen molar-refractivity contribution in [1.29, 1.82) is 0 Å². The maximum absolute atomic E-state index is 12.5. The number of rotatable bonds is 8. The predicted octanol–water partition coefficient (Wildman–Crippen LogP) is 2.35. The zero-order valence-electron chi connectivity index (χ0n) is 15.6. The van der Waals surface area contributed by atoms with E-state index in [-0.39, 0.29) is 4.90 Å². The fourth-order valence-corrected chi connectivity index (χ4v) is 4.32. The third kappa shape index (κ3) is 5.59. The van der Waals surface area contributed by atoms with E-state index in [2.05, 4.69) is 23.5 Å². The summed E-state index contributed by atoms with van der Waals surface area (Å²) in [6, 6.07) is 4.64. The first-order valence-corrected chi connectivity index (χ1v) is 10.3. The topological polar surface area (TPSA) is 67.9 Å². The van der Waals surface area contributed by atoms with Gasteiger partial charge in [-0.05, 0) is 49.9 Å². The second kappa shape index (κ2) is 8.87. The Morgan fingerprint density at radius 3 is 2.36 bits per heavy atom. The number of hydrogen-bond donors (Lipinski definition) is 1. The van der Waals surface area contributed by atoms with Crippen molar-refractivity contribution in [2.24, 2.45) is 11.8 Å². The molecule has 1 N–H and O–H groups in total. The van der Waals surface area contributed by atoms with E-state index < -0.39 is 10.0 Å². The van der Waals surface area contributed by atoms with Gasteiger partial charge in [0.25, 0.3) is 0 Å². The van der Waals surface area contributed by atoms with Gasteiger partial charge in [-0.2, -0.15) is 0 Å². The molecule has 2 rings (SSSR count). The number of piperidine rings is 1. The Kier molecular flexibility index (Phi) is 7.10. The van der Waals surface area contributed by atoms with Gasteiger partial charge in [-0.1, -0.05) is 13.8 Å². The Balaban J connectivity index is 1.92. The second-order valence-corrected chi connectivity index (χ2v) is 8.77. The van der Waals surface area contributed by atoms with Crippen molar-refractivity contribution >= 4 is 10.0 Å². The number of methoxy groups -OCH3 is 2. The number of hydrogen-bond acceptors (Lipinski definition) is 5. The molecule has 0 amide bonds. The highest BCUT2D eigenvalue weighted by Gasteiger charge is 2.23. The number of ether oxygens (including phenoxy) is 2. The van der Waals surface area contributed by atoms with Crippen molar-refractivity contribution in [2.45, 2.75) is 31.6 Å². The van der Waals surface area contributed by atoms with Gasteiger partial charge in [-0.3, -0.25) is 0 Å². The van der Waals surface area contributed by atoms with Crippen molar-refractivity contribution in [1.82, 2.24) is 9.62 Å². The molecule has 0 radical (unpaired) electrons. The summed E-state index contributed by atoms with van der Waals surface area (Å²) < 4.78 is 38.2. The molecule has 0 aliphatic carbocycles. The molecule has 1 aliphatic heterocycles. The number of nitrogens with one attached hydrogen (secondary N) is 1. The lowest BCUT2D eigenvalue weighted by Gasteiger charge is -2.33. The van der Waals surface area contributed by atoms with Crippen LogP contribution in [-0.2, 0) is 10.0 Å². The lowest BCUT2D eigenvalue weighted by atomic mass is 9.96. The number of benzene rings is 1. The summed E-state index contributed by atoms with van der Waals surface area (Å²) in [6.07, 6.45) is 2.06. The maximum Gasteiger partial charge on any atom is 0.240 e. The molecule has 1 fully saturated rings. The molecule has 0 bridgehead atoms. The van der Waals surface area contributed by atoms with E-state index in [4.69, 9.17) is 9.47 Å². The van der Waals surface area contributed by atoms with Gasteiger partial charge in [-0.25, -0.2) is 13.1 Å². The minimum atomic E-state index is -3.55. The molecular formula is C18H30N2O4S. The monoisotopic (exact) mass is 370 g/mol. The first-order valence-electron chi connectivity index (χ1n) is 8.79. The molecule has 1 aromatic rings. The summed E-state index contributed by atoms with van der Waals surface area (Å²) >= 11 is 0. The summed E-state index contributed by atoms with van der Waals surface area (Å²) in [5.41, 5.74) is 0. The van der Waals surface area contributed by atoms with Crippen molar-refractivity contribution in [2.75, 3.05) is 40.4 Å². The maximum atomic E-state index is 12.5. The van der Waals surface area contributed by atoms with Crippen LogP contribution in [0.4, 0.5) is 0 Å². The minimum absolute atomic E-state index is 0.197. The van der Waals surface area contributed by atoms with Crippen LogP contribution in [0.3, 0.4) is 0 Å². The van der Waals surface area contributed by atoms with Gasteiger partial charge in [0.05, 0.1) is 19.1 Å². The summed E-state index contributed by atoms with van der Waals surface area (Å²) in [4.78, 5) is 2.66. The van der Waals surface area contributed by atoms with E-state index in [9.17, 15) is 8.42 Å². The molecule has 0 saturated carbocycles. The molecule has 1 aliphatic rings. The van der Waals surface area contributed by atoms with E-state index in [1.807, 2.05) is 0 Å². The number of likely N-dealkylation sites (tertiary alicyclic amines) is 1. The molecule has 6 nitrogen and oxygen atoms in total. The molecule has 25 heavy (non-hydrogen) atoms. The lowest BCUT2D eigenvalue weighted by molar-refractivity contribution is 0.169. The summed E-state index contributed by atoms with van der Waals surface area (Å²) in [5, 5.41) is 0. The lowest BCUT2D eigenvalue weighted by Crippen LogP contribution is -2.40. The zero-order valence-corrected chi connectivity index (χ0v) is 16.4. The third-order valence-electron chi connectivity index (χ3n) is 4.56. The molecule has 1 saturated heterocycles. The molecule has 0 aromatic heterocycles. The first kappa shape index (κ1) is 20.0. The first-order chi connectivity index (χ1) is 11.9. The Morgan fingerprint density at radius 1 is 1.16 bits per heavy atom. The Bertz CT molecular complexity index is 653. The summed E-state index contributed by atoms with van der Waals surface area (Å²) in [6.45, 7) is 8.13. The van der Waals surface area contributed by atoms with Crippen LogP contribution in [0.5, 0.6) is 11.5 Å². The predicted molar refractivity (Wildman–Crippen MR) is 98.7 cm³/mol. The van der Waals surface area contributed by atoms with E-state index in [1.54, 1.807) is 6.07 Å². The smallest absolute Gasteiger partial charge is 0.240 e. The van der Waals surface area contributed by atoms with Crippen LogP contribution in [0.1, 0.15) is 26.7 Å². The molecule has 1 heterocycles. The molecule has 0 unspecified atom stereocenters. The Morgan fingerprint density at radius 2 is 1.80 bits per heavy atom. The average molecular weight is 371 g/mol. The van der Waals surface area contributed by atoms with E-state index in [0.29, 0.717) is 29.9 Å². The van der Waals surface area contributed by atoms with Crippen molar-refractivity contribution in [3.63, 3.8) is 0 Å². The van der Waals surface area contributed by atoms with Crippen LogP contribution < -0.4 is 14.2 Å². The van der Waals surface area contributed by atoms with Crippen LogP contribution in [0.15, 0.2) is 23.1 Å². The van der Waals surface area contributed by atoms with E-state index in [0.717, 1.165) is 32.5 Å². The van der Waals surface area contributed by atoms with Gasteiger partial charge in [0.2, 0.25) is 10.0 Å². The van der Waals surface area contributed by atoms with Gasteiger partial charge < -0.3 is 14.4 Å². The van der Waals surface area contributed by atoms with Gasteiger partial charge in [-0.15, -0.1) is 0 Å². The summed E-state index contributed by atoms with van der Waals surface area (Å²) in [5.74, 6) is 1.98. The van der Waals surface area contributed by atoms with Crippen LogP contribution in [0.25, 0.3) is 0 Å². The molecule has 1 aromatic carbocycles. The molecular weight excluding hydrogens is 340 g/mol. The average Bonchev–Trinajstić information content (AvgIpc) is 2.60. The highest BCUT2D eigenvalue weighted by molar-refractivity contribution is 7.89. The Hall–Kier alpha value is -1.31. The SMILES string of the molecule is COc1ccc(S(=O)(=O)NCC2CCN(CC(C)C)CC2)cc1OC. The quantitative estimate of drug-likeness (QED) is 0.761. The van der Waals surface area contributed by atoms with Gasteiger partial charge in [0.15, 0.2) is 11.5 Å². The fourth-order valence-electron chi connectivity index (χ4n) is 3.18. The van der Waals surface area contributed by atoms with Crippen LogP contribution in [-0.4, -0.2) is 53.7 Å². The summed E-state index contributed by atoms with van der Waals surface area (Å²) in [7, 11) is -0.532. The van der Waals surface area contributed by atoms with Crippen molar-refractivity contribution < 1.29 is 17.9 Å². The third-order valence-corrected chi connectivity index (χ3v) is 5.98. The number of nitrogens with zero attached hydrogens (tertiary/aromatic N) is 1. The molecule has 0 atom stereocenters. The minimum Gasteiger partial charge on any atom is -0.493 e. The largest absolute Gasteiger partial charge is 0.493 e. The van der Waals surface area contributed by atoms with E-state index in [1.165, 1.54) is 26.4 Å². The zero-order chi connectivity index (χ0) is 18.4. The van der Waals surface area contributed by atoms with Gasteiger partial charge in [0.1, 0.15) is 0 Å². The molecule has 142 valence electrons. The van der Waals surface area contributed by atoms with Crippen LogP contribution >= 0.6 is 0 Å². The standard InChI is InChI=1S/C18H30N2O4S/c1-14(2)13-20-9-7-15(8-10-20)12-19-25(21,22)16-5-6-17(23-3)18(11-16)24-4/h5-6,11,14-15,19H,7-10,12-13H2,1-4H3. The van der Waals surface area contributed by atoms with E-state index >= 15 is 0 Å². The van der Waals surface area contributed by atoms with Crippen molar-refractivity contribution in [3.8, 4) is 11.5 Å². The molecule has 0 spiro atoms. The highest BCUT2D eigenvalue weighted by Crippen LogP contribution is 2.29. The van der Waals surface area contributed by atoms with Crippen molar-refractivity contribution in [3.05, 3.63) is 18.2 Å². The second-order valence-electron chi connectivity index (χ2n) is 7.01. The Labute approximate surface area is 151 Å². The van der Waals surface area contributed by atoms with Crippen LogP contribution in [0, 0.1) is 11.8 Å². The van der Waals surface area contributed by atoms with Gasteiger partial charge >= 0.3 is 0 Å². The normalized spacial score (nSPS) is 17.0. The van der Waals surface area contributed by atoms with Crippen LogP contribution in [0.2, 0.25) is 0 Å². The molecule has 7 heteroatoms. The highest BCUT2D eigenvalue weighted by atomic mass is 32.2. The number of sulfonamides is 1. The van der Waals surface area contributed by atoms with Gasteiger partial charge in [0, 0.05) is 19.2 Å².